The minimum Gasteiger partial charge on any atom is -0.497 e. The van der Waals surface area contributed by atoms with E-state index in [9.17, 15) is 14.4 Å². The molecule has 0 bridgehead atoms. The van der Waals surface area contributed by atoms with E-state index in [1.807, 2.05) is 30.0 Å². The largest absolute Gasteiger partial charge is 0.497 e. The second kappa shape index (κ2) is 9.38. The van der Waals surface area contributed by atoms with Crippen LogP contribution in [0.15, 0.2) is 27.8 Å². The zero-order valence-corrected chi connectivity index (χ0v) is 18.5. The number of benzene rings is 1. The van der Waals surface area contributed by atoms with Gasteiger partial charge in [0.1, 0.15) is 22.9 Å². The van der Waals surface area contributed by atoms with Crippen molar-refractivity contribution in [2.45, 2.75) is 38.8 Å². The highest BCUT2D eigenvalue weighted by Crippen LogP contribution is 2.38. The Balaban J connectivity index is 1.96. The average Bonchev–Trinajstić information content (AvgIpc) is 3.22. The Morgan fingerprint density at radius 2 is 1.97 bits per heavy atom. The molecule has 1 aliphatic heterocycles. The van der Waals surface area contributed by atoms with Gasteiger partial charge in [0.05, 0.1) is 20.8 Å². The molecular formula is C22H30N4O5. The predicted octanol–water partition coefficient (Wildman–Crippen LogP) is 1.58. The molecule has 0 radical (unpaired) electrons. The molecule has 2 aromatic rings. The van der Waals surface area contributed by atoms with Crippen molar-refractivity contribution in [2.24, 2.45) is 7.05 Å². The number of Topliss-reactive ketones (excluding diaryl/α,β-unsaturated/α-hetero) is 1. The topological polar surface area (TPSA) is 109 Å². The van der Waals surface area contributed by atoms with Gasteiger partial charge in [-0.3, -0.25) is 23.6 Å². The monoisotopic (exact) mass is 430 g/mol. The van der Waals surface area contributed by atoms with Crippen molar-refractivity contribution in [3.8, 4) is 11.5 Å². The number of ketones is 1. The number of nitrogens with two attached hydrogens (primary N) is 1. The molecule has 0 spiro atoms. The number of likely N-dealkylation sites (tertiary alicyclic amines) is 1. The van der Waals surface area contributed by atoms with Crippen molar-refractivity contribution in [1.82, 2.24) is 14.0 Å². The number of rotatable bonds is 8. The third-order valence-electron chi connectivity index (χ3n) is 5.82. The first-order valence-electron chi connectivity index (χ1n) is 10.4. The minimum atomic E-state index is -0.658. The van der Waals surface area contributed by atoms with Gasteiger partial charge in [0.25, 0.3) is 5.56 Å². The summed E-state index contributed by atoms with van der Waals surface area (Å²) in [4.78, 5) is 40.3. The van der Waals surface area contributed by atoms with Crippen LogP contribution in [0.3, 0.4) is 0 Å². The fourth-order valence-corrected chi connectivity index (χ4v) is 4.22. The van der Waals surface area contributed by atoms with Crippen LogP contribution in [0, 0.1) is 0 Å². The number of hydrogen-bond acceptors (Lipinski definition) is 7. The maximum Gasteiger partial charge on any atom is 0.332 e. The Bertz CT molecular complexity index is 1090. The van der Waals surface area contributed by atoms with Gasteiger partial charge < -0.3 is 15.2 Å². The summed E-state index contributed by atoms with van der Waals surface area (Å²) < 4.78 is 13.1. The van der Waals surface area contributed by atoms with E-state index in [-0.39, 0.29) is 24.0 Å². The molecule has 168 valence electrons. The van der Waals surface area contributed by atoms with Gasteiger partial charge >= 0.3 is 5.69 Å². The molecule has 0 amide bonds. The van der Waals surface area contributed by atoms with E-state index >= 15 is 0 Å². The molecule has 1 aliphatic rings. The third-order valence-corrected chi connectivity index (χ3v) is 5.82. The fourth-order valence-electron chi connectivity index (χ4n) is 4.22. The van der Waals surface area contributed by atoms with Crippen LogP contribution >= 0.6 is 0 Å². The number of ether oxygens (including phenoxy) is 2. The molecule has 3 rings (SSSR count). The number of carbonyl (C=O) groups excluding carboxylic acids is 1. The van der Waals surface area contributed by atoms with E-state index in [1.165, 1.54) is 11.6 Å². The first kappa shape index (κ1) is 22.6. The Labute approximate surface area is 181 Å². The van der Waals surface area contributed by atoms with Crippen molar-refractivity contribution in [1.29, 1.82) is 0 Å². The van der Waals surface area contributed by atoms with Crippen LogP contribution in [-0.4, -0.2) is 47.1 Å². The summed E-state index contributed by atoms with van der Waals surface area (Å²) in [6, 6.07) is 5.54. The Hall–Kier alpha value is -3.07. The summed E-state index contributed by atoms with van der Waals surface area (Å²) in [6.45, 7) is 2.96. The van der Waals surface area contributed by atoms with Gasteiger partial charge in [-0.15, -0.1) is 0 Å². The number of hydrogen-bond donors (Lipinski definition) is 1. The summed E-state index contributed by atoms with van der Waals surface area (Å²) in [5.74, 6) is 0.974. The molecular weight excluding hydrogens is 400 g/mol. The highest BCUT2D eigenvalue weighted by atomic mass is 16.5. The SMILES string of the molecule is CCCn1c(N)c(C(=O)CN2CCCC2c2cc(OC)ccc2OC)c(=O)n(C)c1=O. The molecule has 1 unspecified atom stereocenters. The van der Waals surface area contributed by atoms with E-state index in [0.29, 0.717) is 25.3 Å². The van der Waals surface area contributed by atoms with Crippen LogP contribution in [-0.2, 0) is 13.6 Å². The van der Waals surface area contributed by atoms with Crippen molar-refractivity contribution >= 4 is 11.6 Å². The van der Waals surface area contributed by atoms with Crippen molar-refractivity contribution in [3.05, 3.63) is 50.2 Å². The highest BCUT2D eigenvalue weighted by molar-refractivity contribution is 6.01. The summed E-state index contributed by atoms with van der Waals surface area (Å²) in [6.07, 6.45) is 2.40. The standard InChI is InChI=1S/C22H30N4O5/c1-5-10-26-20(23)19(21(28)24(2)22(26)29)17(27)13-25-11-6-7-16(25)15-12-14(30-3)8-9-18(15)31-4/h8-9,12,16H,5-7,10-11,13,23H2,1-4H3. The lowest BCUT2D eigenvalue weighted by Crippen LogP contribution is -2.44. The number of carbonyl (C=O) groups is 1. The van der Waals surface area contributed by atoms with Crippen LogP contribution in [0.4, 0.5) is 5.82 Å². The highest BCUT2D eigenvalue weighted by Gasteiger charge is 2.32. The van der Waals surface area contributed by atoms with E-state index in [2.05, 4.69) is 0 Å². The average molecular weight is 431 g/mol. The Morgan fingerprint density at radius 1 is 1.23 bits per heavy atom. The molecule has 31 heavy (non-hydrogen) atoms. The number of nitrogens with zero attached hydrogens (tertiary/aromatic N) is 3. The van der Waals surface area contributed by atoms with E-state index < -0.39 is 17.0 Å². The number of nitrogen functional groups attached to an aromatic ring is 1. The molecule has 1 fully saturated rings. The lowest BCUT2D eigenvalue weighted by molar-refractivity contribution is 0.0918. The van der Waals surface area contributed by atoms with E-state index in [0.717, 1.165) is 28.7 Å². The molecule has 2 N–H and O–H groups in total. The smallest absolute Gasteiger partial charge is 0.332 e. The van der Waals surface area contributed by atoms with Gasteiger partial charge in [-0.2, -0.15) is 0 Å². The van der Waals surface area contributed by atoms with E-state index in [4.69, 9.17) is 15.2 Å². The molecule has 9 heteroatoms. The van der Waals surface area contributed by atoms with Crippen molar-refractivity contribution in [3.63, 3.8) is 0 Å². The lowest BCUT2D eigenvalue weighted by atomic mass is 10.0. The van der Waals surface area contributed by atoms with Gasteiger partial charge in [0.15, 0.2) is 5.78 Å². The number of methoxy groups -OCH3 is 2. The molecule has 2 heterocycles. The number of anilines is 1. The normalized spacial score (nSPS) is 16.5. The zero-order valence-electron chi connectivity index (χ0n) is 18.5. The van der Waals surface area contributed by atoms with Crippen molar-refractivity contribution < 1.29 is 14.3 Å². The van der Waals surface area contributed by atoms with Crippen LogP contribution in [0.1, 0.15) is 48.1 Å². The van der Waals surface area contributed by atoms with Gasteiger partial charge in [0, 0.05) is 25.2 Å². The molecule has 9 nitrogen and oxygen atoms in total. The summed E-state index contributed by atoms with van der Waals surface area (Å²) in [5.41, 5.74) is 5.76. The predicted molar refractivity (Wildman–Crippen MR) is 118 cm³/mol. The van der Waals surface area contributed by atoms with Crippen LogP contribution in [0.5, 0.6) is 11.5 Å². The molecule has 1 saturated heterocycles. The Morgan fingerprint density at radius 3 is 2.61 bits per heavy atom. The quantitative estimate of drug-likeness (QED) is 0.633. The van der Waals surface area contributed by atoms with Gasteiger partial charge in [-0.05, 0) is 44.0 Å². The molecule has 0 aliphatic carbocycles. The summed E-state index contributed by atoms with van der Waals surface area (Å²) in [7, 11) is 4.58. The first-order chi connectivity index (χ1) is 14.8. The van der Waals surface area contributed by atoms with Gasteiger partial charge in [-0.1, -0.05) is 6.92 Å². The third kappa shape index (κ3) is 4.23. The summed E-state index contributed by atoms with van der Waals surface area (Å²) >= 11 is 0. The second-order valence-corrected chi connectivity index (χ2v) is 7.72. The number of aromatic nitrogens is 2. The summed E-state index contributed by atoms with van der Waals surface area (Å²) in [5, 5.41) is 0. The second-order valence-electron chi connectivity index (χ2n) is 7.72. The molecule has 1 atom stereocenters. The van der Waals surface area contributed by atoms with Crippen LogP contribution in [0.25, 0.3) is 0 Å². The maximum absolute atomic E-state index is 13.2. The minimum absolute atomic E-state index is 0.0226. The molecule has 0 saturated carbocycles. The van der Waals surface area contributed by atoms with E-state index in [1.54, 1.807) is 14.2 Å². The fraction of sp³-hybridized carbons (Fsp3) is 0.500. The Kier molecular flexibility index (Phi) is 6.84. The first-order valence-corrected chi connectivity index (χ1v) is 10.4. The van der Waals surface area contributed by atoms with Crippen LogP contribution in [0.2, 0.25) is 0 Å². The van der Waals surface area contributed by atoms with Gasteiger partial charge in [0.2, 0.25) is 0 Å². The van der Waals surface area contributed by atoms with Crippen LogP contribution < -0.4 is 26.5 Å². The lowest BCUT2D eigenvalue weighted by Gasteiger charge is -2.26. The zero-order chi connectivity index (χ0) is 22.7. The van der Waals surface area contributed by atoms with Gasteiger partial charge in [-0.25, -0.2) is 4.79 Å². The van der Waals surface area contributed by atoms with Crippen molar-refractivity contribution in [2.75, 3.05) is 33.0 Å². The molecule has 1 aromatic carbocycles. The maximum atomic E-state index is 13.2. The molecule has 1 aromatic heterocycles.